The molecule has 6 heteroatoms. The lowest BCUT2D eigenvalue weighted by Gasteiger charge is -2.09. The van der Waals surface area contributed by atoms with Crippen molar-refractivity contribution in [1.29, 1.82) is 0 Å². The minimum atomic E-state index is 0.281. The van der Waals surface area contributed by atoms with Gasteiger partial charge in [-0.05, 0) is 32.8 Å². The van der Waals surface area contributed by atoms with Crippen molar-refractivity contribution < 1.29 is 9.47 Å². The van der Waals surface area contributed by atoms with Crippen LogP contribution in [0.5, 0.6) is 5.88 Å². The fourth-order valence-corrected chi connectivity index (χ4v) is 2.38. The number of alkyl halides is 1. The summed E-state index contributed by atoms with van der Waals surface area (Å²) in [5.41, 5.74) is 1.68. The van der Waals surface area contributed by atoms with Crippen molar-refractivity contribution >= 4 is 22.8 Å². The first-order chi connectivity index (χ1) is 10.2. The summed E-state index contributed by atoms with van der Waals surface area (Å²) in [5, 5.41) is 0. The van der Waals surface area contributed by atoms with Crippen molar-refractivity contribution in [1.82, 2.24) is 14.5 Å². The highest BCUT2D eigenvalue weighted by molar-refractivity contribution is 6.16. The quantitative estimate of drug-likeness (QED) is 0.554. The first kappa shape index (κ1) is 16.0. The van der Waals surface area contributed by atoms with E-state index in [0.717, 1.165) is 43.0 Å². The van der Waals surface area contributed by atoms with Gasteiger partial charge >= 0.3 is 0 Å². The molecule has 0 spiro atoms. The van der Waals surface area contributed by atoms with Gasteiger partial charge in [-0.2, -0.15) is 4.98 Å². The van der Waals surface area contributed by atoms with Gasteiger partial charge in [0.05, 0.1) is 19.1 Å². The Morgan fingerprint density at radius 2 is 2.05 bits per heavy atom. The molecule has 21 heavy (non-hydrogen) atoms. The molecule has 0 aromatic carbocycles. The summed E-state index contributed by atoms with van der Waals surface area (Å²) in [4.78, 5) is 8.99. The van der Waals surface area contributed by atoms with Crippen LogP contribution in [0.25, 0.3) is 11.2 Å². The number of rotatable bonds is 8. The maximum atomic E-state index is 5.99. The summed E-state index contributed by atoms with van der Waals surface area (Å²) >= 11 is 5.99. The van der Waals surface area contributed by atoms with Crippen LogP contribution in [0.4, 0.5) is 0 Å². The molecule has 0 amide bonds. The van der Waals surface area contributed by atoms with E-state index in [-0.39, 0.29) is 6.10 Å². The maximum Gasteiger partial charge on any atom is 0.215 e. The standard InChI is InChI=1S/C15H22ClN3O2/c1-11(2)21-9-5-4-8-19-13(10-16)17-12-6-7-14(20-3)18-15(12)19/h6-7,11H,4-5,8-10H2,1-3H3. The molecule has 0 fully saturated rings. The van der Waals surface area contributed by atoms with Gasteiger partial charge in [0.15, 0.2) is 5.65 Å². The van der Waals surface area contributed by atoms with Gasteiger partial charge in [-0.1, -0.05) is 0 Å². The van der Waals surface area contributed by atoms with Gasteiger partial charge in [-0.15, -0.1) is 11.6 Å². The number of methoxy groups -OCH3 is 1. The smallest absolute Gasteiger partial charge is 0.215 e. The number of nitrogens with zero attached hydrogens (tertiary/aromatic N) is 3. The number of fused-ring (bicyclic) bond motifs is 1. The lowest BCUT2D eigenvalue weighted by molar-refractivity contribution is 0.0754. The number of hydrogen-bond acceptors (Lipinski definition) is 4. The first-order valence-electron chi connectivity index (χ1n) is 7.23. The van der Waals surface area contributed by atoms with E-state index in [1.807, 2.05) is 26.0 Å². The molecule has 0 saturated heterocycles. The third kappa shape index (κ3) is 4.08. The Morgan fingerprint density at radius 1 is 1.24 bits per heavy atom. The van der Waals surface area contributed by atoms with Crippen LogP contribution in [0.15, 0.2) is 12.1 Å². The van der Waals surface area contributed by atoms with Gasteiger partial charge in [-0.3, -0.25) is 0 Å². The van der Waals surface area contributed by atoms with Crippen LogP contribution in [-0.2, 0) is 17.2 Å². The van der Waals surface area contributed by atoms with Gasteiger partial charge in [0, 0.05) is 19.2 Å². The van der Waals surface area contributed by atoms with Crippen molar-refractivity contribution in [2.75, 3.05) is 13.7 Å². The lowest BCUT2D eigenvalue weighted by atomic mass is 10.3. The van der Waals surface area contributed by atoms with Crippen LogP contribution in [-0.4, -0.2) is 34.4 Å². The van der Waals surface area contributed by atoms with Gasteiger partial charge in [0.2, 0.25) is 5.88 Å². The summed E-state index contributed by atoms with van der Waals surface area (Å²) in [6.07, 6.45) is 2.29. The molecule has 0 N–H and O–H groups in total. The van der Waals surface area contributed by atoms with Gasteiger partial charge in [-0.25, -0.2) is 4.98 Å². The number of unbranched alkanes of at least 4 members (excludes halogenated alkanes) is 1. The molecule has 0 atom stereocenters. The number of halogens is 1. The topological polar surface area (TPSA) is 49.2 Å². The Kier molecular flexibility index (Phi) is 5.82. The highest BCUT2D eigenvalue weighted by Gasteiger charge is 2.12. The average molecular weight is 312 g/mol. The van der Waals surface area contributed by atoms with Crippen LogP contribution in [0, 0.1) is 0 Å². The van der Waals surface area contributed by atoms with E-state index in [9.17, 15) is 0 Å². The average Bonchev–Trinajstić information content (AvgIpc) is 2.83. The molecule has 0 bridgehead atoms. The minimum absolute atomic E-state index is 0.281. The monoisotopic (exact) mass is 311 g/mol. The van der Waals surface area contributed by atoms with E-state index < -0.39 is 0 Å². The van der Waals surface area contributed by atoms with Crippen molar-refractivity contribution in [2.45, 2.75) is 45.2 Å². The Morgan fingerprint density at radius 3 is 2.71 bits per heavy atom. The van der Waals surface area contributed by atoms with E-state index in [0.29, 0.717) is 11.8 Å². The maximum absolute atomic E-state index is 5.99. The van der Waals surface area contributed by atoms with Crippen LogP contribution in [0.3, 0.4) is 0 Å². The predicted octanol–water partition coefficient (Wildman–Crippen LogP) is 3.38. The number of pyridine rings is 1. The Labute approximate surface area is 130 Å². The van der Waals surface area contributed by atoms with E-state index in [2.05, 4.69) is 14.5 Å². The van der Waals surface area contributed by atoms with Gasteiger partial charge < -0.3 is 14.0 Å². The molecule has 0 saturated carbocycles. The molecule has 2 aromatic heterocycles. The molecule has 0 unspecified atom stereocenters. The molecule has 0 aliphatic rings. The fourth-order valence-electron chi connectivity index (χ4n) is 2.17. The van der Waals surface area contributed by atoms with Gasteiger partial charge in [0.25, 0.3) is 0 Å². The van der Waals surface area contributed by atoms with Crippen molar-refractivity contribution in [2.24, 2.45) is 0 Å². The number of aryl methyl sites for hydroxylation is 1. The van der Waals surface area contributed by atoms with E-state index in [1.165, 1.54) is 0 Å². The molecular weight excluding hydrogens is 290 g/mol. The zero-order valence-corrected chi connectivity index (χ0v) is 13.6. The Bertz CT molecular complexity index is 584. The number of ether oxygens (including phenoxy) is 2. The largest absolute Gasteiger partial charge is 0.481 e. The lowest BCUT2D eigenvalue weighted by Crippen LogP contribution is -2.07. The second kappa shape index (κ2) is 7.61. The molecule has 116 valence electrons. The summed E-state index contributed by atoms with van der Waals surface area (Å²) in [6, 6.07) is 3.73. The number of hydrogen-bond donors (Lipinski definition) is 0. The second-order valence-electron chi connectivity index (χ2n) is 5.14. The molecule has 2 aromatic rings. The predicted molar refractivity (Wildman–Crippen MR) is 84.0 cm³/mol. The summed E-state index contributed by atoms with van der Waals surface area (Å²) < 4.78 is 12.8. The van der Waals surface area contributed by atoms with Crippen molar-refractivity contribution in [3.05, 3.63) is 18.0 Å². The minimum Gasteiger partial charge on any atom is -0.481 e. The zero-order valence-electron chi connectivity index (χ0n) is 12.8. The van der Waals surface area contributed by atoms with E-state index in [1.54, 1.807) is 7.11 Å². The zero-order chi connectivity index (χ0) is 15.2. The molecule has 0 aliphatic carbocycles. The second-order valence-corrected chi connectivity index (χ2v) is 5.40. The molecular formula is C15H22ClN3O2. The molecule has 5 nitrogen and oxygen atoms in total. The van der Waals surface area contributed by atoms with Gasteiger partial charge in [0.1, 0.15) is 11.3 Å². The first-order valence-corrected chi connectivity index (χ1v) is 7.77. The third-order valence-corrected chi connectivity index (χ3v) is 3.44. The Hall–Kier alpha value is -1.33. The number of aromatic nitrogens is 3. The molecule has 0 radical (unpaired) electrons. The SMILES string of the molecule is COc1ccc2nc(CCl)n(CCCCOC(C)C)c2n1. The summed E-state index contributed by atoms with van der Waals surface area (Å²) in [6.45, 7) is 5.70. The molecule has 2 heterocycles. The Balaban J connectivity index is 2.09. The summed E-state index contributed by atoms with van der Waals surface area (Å²) in [5.74, 6) is 1.81. The van der Waals surface area contributed by atoms with Crippen LogP contribution < -0.4 is 4.74 Å². The number of imidazole rings is 1. The summed E-state index contributed by atoms with van der Waals surface area (Å²) in [7, 11) is 1.61. The van der Waals surface area contributed by atoms with Crippen LogP contribution in [0.2, 0.25) is 0 Å². The van der Waals surface area contributed by atoms with Crippen molar-refractivity contribution in [3.8, 4) is 5.88 Å². The molecule has 2 rings (SSSR count). The van der Waals surface area contributed by atoms with Crippen LogP contribution >= 0.6 is 11.6 Å². The highest BCUT2D eigenvalue weighted by Crippen LogP contribution is 2.19. The normalized spacial score (nSPS) is 11.5. The van der Waals surface area contributed by atoms with Crippen LogP contribution in [0.1, 0.15) is 32.5 Å². The fraction of sp³-hybridized carbons (Fsp3) is 0.600. The highest BCUT2D eigenvalue weighted by atomic mass is 35.5. The third-order valence-electron chi connectivity index (χ3n) is 3.20. The van der Waals surface area contributed by atoms with E-state index >= 15 is 0 Å². The molecule has 0 aliphatic heterocycles. The van der Waals surface area contributed by atoms with Crippen molar-refractivity contribution in [3.63, 3.8) is 0 Å². The van der Waals surface area contributed by atoms with E-state index in [4.69, 9.17) is 21.1 Å².